The molecule has 13 N–H and O–H groups in total. The molecule has 204 valence electrons. The highest BCUT2D eigenvalue weighted by Gasteiger charge is 2.26. The Morgan fingerprint density at radius 3 is 2.14 bits per heavy atom. The summed E-state index contributed by atoms with van der Waals surface area (Å²) in [4.78, 5) is 63.7. The first-order chi connectivity index (χ1) is 17.4. The van der Waals surface area contributed by atoms with Gasteiger partial charge in [0.15, 0.2) is 5.96 Å². The van der Waals surface area contributed by atoms with Crippen molar-refractivity contribution in [1.82, 2.24) is 16.0 Å². The molecule has 1 aromatic carbocycles. The van der Waals surface area contributed by atoms with E-state index < -0.39 is 54.3 Å². The largest absolute Gasteiger partial charge is 0.508 e. The number of carboxylic acid groups (broad SMARTS) is 1. The lowest BCUT2D eigenvalue weighted by Crippen LogP contribution is -2.54. The Bertz CT molecular complexity index is 980. The van der Waals surface area contributed by atoms with Gasteiger partial charge in [-0.05, 0) is 37.0 Å². The predicted molar refractivity (Wildman–Crippen MR) is 133 cm³/mol. The van der Waals surface area contributed by atoms with Gasteiger partial charge in [-0.2, -0.15) is 0 Å². The average Bonchev–Trinajstić information content (AvgIpc) is 2.83. The fourth-order valence-corrected chi connectivity index (χ4v) is 3.08. The van der Waals surface area contributed by atoms with Crippen LogP contribution in [0.1, 0.15) is 31.2 Å². The molecule has 1 rings (SSSR count). The van der Waals surface area contributed by atoms with E-state index in [0.29, 0.717) is 5.56 Å². The number of nitrogens with two attached hydrogens (primary N) is 4. The van der Waals surface area contributed by atoms with Gasteiger partial charge in [0.05, 0.1) is 12.6 Å². The summed E-state index contributed by atoms with van der Waals surface area (Å²) in [5, 5.41) is 25.9. The molecule has 0 aliphatic carbocycles. The van der Waals surface area contributed by atoms with Crippen molar-refractivity contribution >= 4 is 35.6 Å². The fourth-order valence-electron chi connectivity index (χ4n) is 3.08. The highest BCUT2D eigenvalue weighted by molar-refractivity contribution is 5.93. The minimum atomic E-state index is -1.27. The van der Waals surface area contributed by atoms with Gasteiger partial charge in [0.2, 0.25) is 23.6 Å². The first-order valence-corrected chi connectivity index (χ1v) is 11.4. The van der Waals surface area contributed by atoms with E-state index in [1.165, 1.54) is 12.1 Å². The van der Waals surface area contributed by atoms with Crippen LogP contribution in [0.3, 0.4) is 0 Å². The summed E-state index contributed by atoms with van der Waals surface area (Å²) in [7, 11) is 0. The lowest BCUT2D eigenvalue weighted by molar-refractivity contribution is -0.142. The van der Waals surface area contributed by atoms with Crippen LogP contribution in [0.4, 0.5) is 0 Å². The van der Waals surface area contributed by atoms with Crippen LogP contribution < -0.4 is 38.9 Å². The third kappa shape index (κ3) is 12.7. The zero-order chi connectivity index (χ0) is 28.0. The number of aromatic hydroxyl groups is 1. The van der Waals surface area contributed by atoms with E-state index in [1.54, 1.807) is 12.1 Å². The molecule has 0 fully saturated rings. The summed E-state index contributed by atoms with van der Waals surface area (Å²) >= 11 is 0. The van der Waals surface area contributed by atoms with Gasteiger partial charge in [-0.1, -0.05) is 12.1 Å². The number of nitrogens with one attached hydrogen (secondary N) is 3. The van der Waals surface area contributed by atoms with Gasteiger partial charge in [-0.25, -0.2) is 4.79 Å². The standard InChI is InChI=1S/C22H34N8O7/c23-14(7-8-17(24)32)19(34)30-16(10-12-3-5-13(31)6-4-12)20(35)28-11-18(33)29-15(21(36)37)2-1-9-27-22(25)26/h3-6,14-16,31H,1-2,7-11,23H2,(H2,24,32)(H,28,35)(H,29,33)(H,30,34)(H,36,37)(H4,25,26,27). The molecule has 4 amide bonds. The quantitative estimate of drug-likeness (QED) is 0.0593. The van der Waals surface area contributed by atoms with E-state index in [1.807, 2.05) is 0 Å². The first kappa shape index (κ1) is 30.6. The summed E-state index contributed by atoms with van der Waals surface area (Å²) in [6.45, 7) is -0.384. The third-order valence-electron chi connectivity index (χ3n) is 5.05. The fraction of sp³-hybridized carbons (Fsp3) is 0.455. The lowest BCUT2D eigenvalue weighted by Gasteiger charge is -2.21. The number of carboxylic acids is 1. The van der Waals surface area contributed by atoms with E-state index in [0.717, 1.165) is 0 Å². The Morgan fingerprint density at radius 1 is 0.919 bits per heavy atom. The Labute approximate surface area is 213 Å². The van der Waals surface area contributed by atoms with Crippen molar-refractivity contribution in [2.24, 2.45) is 27.9 Å². The molecule has 0 saturated carbocycles. The maximum absolute atomic E-state index is 12.8. The van der Waals surface area contributed by atoms with Crippen LogP contribution in [0, 0.1) is 0 Å². The molecule has 3 unspecified atom stereocenters. The summed E-state index contributed by atoms with van der Waals surface area (Å²) in [5.74, 6) is -4.26. The lowest BCUT2D eigenvalue weighted by atomic mass is 10.0. The third-order valence-corrected chi connectivity index (χ3v) is 5.05. The molecule has 0 aliphatic heterocycles. The monoisotopic (exact) mass is 522 g/mol. The number of phenols is 1. The van der Waals surface area contributed by atoms with Crippen LogP contribution in [0.15, 0.2) is 29.3 Å². The molecule has 0 aromatic heterocycles. The Kier molecular flexibility index (Phi) is 12.9. The van der Waals surface area contributed by atoms with Crippen molar-refractivity contribution in [3.8, 4) is 5.75 Å². The number of phenolic OH excluding ortho intramolecular Hbond substituents is 1. The van der Waals surface area contributed by atoms with Crippen molar-refractivity contribution < 1.29 is 34.2 Å². The highest BCUT2D eigenvalue weighted by atomic mass is 16.4. The number of hydrogen-bond acceptors (Lipinski definition) is 8. The van der Waals surface area contributed by atoms with Crippen molar-refractivity contribution in [1.29, 1.82) is 0 Å². The van der Waals surface area contributed by atoms with E-state index in [2.05, 4.69) is 20.9 Å². The second-order valence-corrected chi connectivity index (χ2v) is 8.17. The molecule has 15 heteroatoms. The number of rotatable bonds is 16. The maximum Gasteiger partial charge on any atom is 0.326 e. The number of guanidine groups is 1. The number of nitrogens with zero attached hydrogens (tertiary/aromatic N) is 1. The van der Waals surface area contributed by atoms with Crippen molar-refractivity contribution in [2.75, 3.05) is 13.1 Å². The zero-order valence-electron chi connectivity index (χ0n) is 20.2. The Hall–Kier alpha value is -4.40. The highest BCUT2D eigenvalue weighted by Crippen LogP contribution is 2.12. The number of aliphatic carboxylic acids is 1. The second-order valence-electron chi connectivity index (χ2n) is 8.17. The SMILES string of the molecule is NC(=O)CCC(N)C(=O)NC(Cc1ccc(O)cc1)C(=O)NCC(=O)NC(CCCN=C(N)N)C(=O)O. The number of benzene rings is 1. The van der Waals surface area contributed by atoms with Crippen molar-refractivity contribution in [3.05, 3.63) is 29.8 Å². The van der Waals surface area contributed by atoms with Gasteiger partial charge in [0.1, 0.15) is 17.8 Å². The smallest absolute Gasteiger partial charge is 0.326 e. The molecule has 0 bridgehead atoms. The molecule has 3 atom stereocenters. The van der Waals surface area contributed by atoms with E-state index in [9.17, 15) is 34.2 Å². The van der Waals surface area contributed by atoms with Crippen molar-refractivity contribution in [2.45, 2.75) is 50.2 Å². The minimum absolute atomic E-state index is 0.00483. The van der Waals surface area contributed by atoms with Crippen LogP contribution in [0.5, 0.6) is 5.75 Å². The number of primary amides is 1. The summed E-state index contributed by atoms with van der Waals surface area (Å²) < 4.78 is 0. The Balaban J connectivity index is 2.78. The molecule has 0 spiro atoms. The van der Waals surface area contributed by atoms with Gasteiger partial charge in [0, 0.05) is 19.4 Å². The van der Waals surface area contributed by atoms with Crippen LogP contribution >= 0.6 is 0 Å². The molecule has 15 nitrogen and oxygen atoms in total. The van der Waals surface area contributed by atoms with E-state index >= 15 is 0 Å². The molecule has 1 aromatic rings. The van der Waals surface area contributed by atoms with E-state index in [-0.39, 0.29) is 50.4 Å². The molecular weight excluding hydrogens is 488 g/mol. The van der Waals surface area contributed by atoms with Crippen LogP contribution in [-0.2, 0) is 30.4 Å². The van der Waals surface area contributed by atoms with Gasteiger partial charge < -0.3 is 49.1 Å². The molecule has 0 saturated heterocycles. The molecule has 37 heavy (non-hydrogen) atoms. The average molecular weight is 523 g/mol. The van der Waals surface area contributed by atoms with Crippen LogP contribution in [0.25, 0.3) is 0 Å². The topological polar surface area (TPSA) is 278 Å². The number of carbonyl (C=O) groups excluding carboxylic acids is 4. The zero-order valence-corrected chi connectivity index (χ0v) is 20.2. The van der Waals surface area contributed by atoms with Gasteiger partial charge in [0.25, 0.3) is 0 Å². The van der Waals surface area contributed by atoms with E-state index in [4.69, 9.17) is 22.9 Å². The van der Waals surface area contributed by atoms with Crippen LogP contribution in [0.2, 0.25) is 0 Å². The molecule has 0 radical (unpaired) electrons. The van der Waals surface area contributed by atoms with Gasteiger partial charge >= 0.3 is 5.97 Å². The summed E-state index contributed by atoms with van der Waals surface area (Å²) in [6, 6.07) is 2.38. The minimum Gasteiger partial charge on any atom is -0.508 e. The van der Waals surface area contributed by atoms with Gasteiger partial charge in [-0.3, -0.25) is 24.2 Å². The molecule has 0 aliphatic rings. The second kappa shape index (κ2) is 15.6. The first-order valence-electron chi connectivity index (χ1n) is 11.4. The molecular formula is C22H34N8O7. The number of hydrogen-bond donors (Lipinski definition) is 9. The maximum atomic E-state index is 12.8. The number of carbonyl (C=O) groups is 5. The predicted octanol–water partition coefficient (Wildman–Crippen LogP) is -3.25. The van der Waals surface area contributed by atoms with Crippen LogP contribution in [-0.4, -0.2) is 77.0 Å². The summed E-state index contributed by atoms with van der Waals surface area (Å²) in [6.07, 6.45) is 0.175. The number of amides is 4. The molecule has 0 heterocycles. The number of aliphatic imine (C=N–C) groups is 1. The normalized spacial score (nSPS) is 12.9. The van der Waals surface area contributed by atoms with Gasteiger partial charge in [-0.15, -0.1) is 0 Å². The Morgan fingerprint density at radius 2 is 1.57 bits per heavy atom. The summed E-state index contributed by atoms with van der Waals surface area (Å²) in [5.41, 5.74) is 21.8. The van der Waals surface area contributed by atoms with Crippen molar-refractivity contribution in [3.63, 3.8) is 0 Å².